The second-order valence-corrected chi connectivity index (χ2v) is 31.5. The average molecular weight is 1330 g/mol. The molecule has 7 rings (SSSR count). The Morgan fingerprint density at radius 1 is 0.312 bits per heavy atom. The second-order valence-electron chi connectivity index (χ2n) is 31.5. The summed E-state index contributed by atoms with van der Waals surface area (Å²) in [6, 6.07) is 10.0. The normalized spacial score (nSPS) is 14.8. The van der Waals surface area contributed by atoms with E-state index in [0.29, 0.717) is 43.1 Å². The van der Waals surface area contributed by atoms with Gasteiger partial charge in [0.25, 0.3) is 23.6 Å². The van der Waals surface area contributed by atoms with Crippen LogP contribution in [0.1, 0.15) is 257 Å². The molecule has 22 heteroatoms. The molecule has 0 fully saturated rings. The highest BCUT2D eigenvalue weighted by atomic mass is 16.6. The maximum atomic E-state index is 15.0. The minimum atomic E-state index is -1.50. The summed E-state index contributed by atoms with van der Waals surface area (Å²) in [6.45, 7) is 33.4. The van der Waals surface area contributed by atoms with E-state index >= 15 is 19.2 Å². The highest BCUT2D eigenvalue weighted by Crippen LogP contribution is 2.47. The van der Waals surface area contributed by atoms with Crippen molar-refractivity contribution in [2.45, 2.75) is 272 Å². The zero-order valence-electron chi connectivity index (χ0n) is 59.5. The van der Waals surface area contributed by atoms with E-state index in [1.807, 2.05) is 0 Å². The van der Waals surface area contributed by atoms with Gasteiger partial charge in [-0.05, 0) is 234 Å². The Hall–Kier alpha value is -8.56. The standard InChI is InChI=1S/C74H96N4O18/c1-41(61(85)75-73(35-29-51(79)91-67(3,4)5,36-30-52(80)92-68(6,7)8)37-31-53(81)93-69(9,10)11)77-63(87)47-25-21-43-45-23-27-49-60-50(28-24-46(58(45)60)44-22-26-48(64(77)88)59(47)57(43)44)66(90)78(65(49)89)42(2)62(86)76-74(38-32-54(82)94-70(12,13)14,39-33-55(83)95-71(15,16)17)40-34-56(84)96-72(18,19)20/h21-28,41-42H,29-40H2,1-20H3,(H,75,85)(H,76,86)/t41-,42-/m0/s1. The van der Waals surface area contributed by atoms with E-state index in [0.717, 1.165) is 9.80 Å². The van der Waals surface area contributed by atoms with Crippen molar-refractivity contribution in [2.24, 2.45) is 0 Å². The van der Waals surface area contributed by atoms with Crippen molar-refractivity contribution in [2.75, 3.05) is 0 Å². The Labute approximate surface area is 561 Å². The number of carbonyl (C=O) groups excluding carboxylic acids is 12. The molecule has 0 bridgehead atoms. The molecule has 5 aromatic carbocycles. The van der Waals surface area contributed by atoms with Crippen LogP contribution in [0.4, 0.5) is 0 Å². The van der Waals surface area contributed by atoms with Gasteiger partial charge in [-0.25, -0.2) is 0 Å². The number of fused-ring (bicyclic) bond motifs is 2. The molecule has 2 aliphatic heterocycles. The maximum Gasteiger partial charge on any atom is 0.306 e. The number of imide groups is 2. The quantitative estimate of drug-likeness (QED) is 0.0191. The molecule has 0 saturated heterocycles. The minimum absolute atomic E-state index is 0.0988. The number of rotatable bonds is 24. The number of amides is 6. The minimum Gasteiger partial charge on any atom is -0.460 e. The Balaban J connectivity index is 1.23. The SMILES string of the molecule is C[C@@H](C(=O)NC(CCC(=O)OC(C)(C)C)(CCC(=O)OC(C)(C)C)CCC(=O)OC(C)(C)C)N1C(=O)c2ccc3c4ccc5c6c(ccc(c7ccc(c2c37)C1=O)c64)C(=O)N([C@@H](C)C(=O)NC(CCC(=O)OC(C)(C)C)(CCC(=O)OC(C)(C)C)CCC(=O)OC(C)(C)C)C5=O. The van der Waals surface area contributed by atoms with Gasteiger partial charge in [-0.1, -0.05) is 24.3 Å². The third-order valence-corrected chi connectivity index (χ3v) is 16.4. The molecule has 2 N–H and O–H groups in total. The van der Waals surface area contributed by atoms with Gasteiger partial charge >= 0.3 is 35.8 Å². The predicted molar refractivity (Wildman–Crippen MR) is 360 cm³/mol. The molecule has 0 aliphatic carbocycles. The van der Waals surface area contributed by atoms with E-state index in [4.69, 9.17) is 28.4 Å². The number of hydrogen-bond acceptors (Lipinski definition) is 18. The molecule has 520 valence electrons. The van der Waals surface area contributed by atoms with E-state index < -0.39 is 128 Å². The Morgan fingerprint density at radius 2 is 0.490 bits per heavy atom. The molecule has 0 saturated carbocycles. The summed E-state index contributed by atoms with van der Waals surface area (Å²) in [5, 5.41) is 9.95. The Morgan fingerprint density at radius 3 is 0.656 bits per heavy atom. The van der Waals surface area contributed by atoms with Crippen LogP contribution in [0.25, 0.3) is 43.1 Å². The van der Waals surface area contributed by atoms with Crippen LogP contribution in [0.15, 0.2) is 48.5 Å². The summed E-state index contributed by atoms with van der Waals surface area (Å²) in [5.41, 5.74) is -7.76. The van der Waals surface area contributed by atoms with E-state index in [1.165, 1.54) is 13.8 Å². The third kappa shape index (κ3) is 18.1. The molecule has 0 unspecified atom stereocenters. The molecule has 2 heterocycles. The third-order valence-electron chi connectivity index (χ3n) is 16.4. The second kappa shape index (κ2) is 27.5. The Kier molecular flexibility index (Phi) is 21.4. The van der Waals surface area contributed by atoms with Gasteiger partial charge in [-0.2, -0.15) is 0 Å². The van der Waals surface area contributed by atoms with Crippen molar-refractivity contribution in [1.29, 1.82) is 0 Å². The zero-order valence-corrected chi connectivity index (χ0v) is 59.5. The first-order valence-corrected chi connectivity index (χ1v) is 32.9. The van der Waals surface area contributed by atoms with Crippen LogP contribution in [0.5, 0.6) is 0 Å². The summed E-state index contributed by atoms with van der Waals surface area (Å²) < 4.78 is 33.8. The predicted octanol–water partition coefficient (Wildman–Crippen LogP) is 12.1. The fourth-order valence-electron chi connectivity index (χ4n) is 12.5. The van der Waals surface area contributed by atoms with E-state index in [2.05, 4.69) is 10.6 Å². The van der Waals surface area contributed by atoms with E-state index in [9.17, 15) is 38.4 Å². The van der Waals surface area contributed by atoms with Crippen LogP contribution >= 0.6 is 0 Å². The number of nitrogens with zero attached hydrogens (tertiary/aromatic N) is 2. The first-order valence-electron chi connectivity index (χ1n) is 32.9. The molecular formula is C74H96N4O18. The fourth-order valence-corrected chi connectivity index (χ4v) is 12.5. The van der Waals surface area contributed by atoms with Crippen LogP contribution in [-0.4, -0.2) is 138 Å². The molecule has 2 atom stereocenters. The van der Waals surface area contributed by atoms with Crippen molar-refractivity contribution in [3.63, 3.8) is 0 Å². The lowest BCUT2D eigenvalue weighted by molar-refractivity contribution is -0.158. The van der Waals surface area contributed by atoms with Gasteiger partial charge in [0, 0.05) is 82.6 Å². The number of hydrogen-bond donors (Lipinski definition) is 2. The summed E-state index contributed by atoms with van der Waals surface area (Å²) in [6.07, 6.45) is -2.18. The average Bonchev–Trinajstić information content (AvgIpc) is 0.692. The lowest BCUT2D eigenvalue weighted by Gasteiger charge is -2.38. The van der Waals surface area contributed by atoms with Crippen molar-refractivity contribution in [3.8, 4) is 0 Å². The number of carbonyl (C=O) groups is 12. The summed E-state index contributed by atoms with van der Waals surface area (Å²) >= 11 is 0. The van der Waals surface area contributed by atoms with Crippen molar-refractivity contribution in [1.82, 2.24) is 20.4 Å². The maximum absolute atomic E-state index is 15.0. The van der Waals surface area contributed by atoms with Crippen LogP contribution in [-0.2, 0) is 66.8 Å². The fraction of sp³-hybridized carbons (Fsp3) is 0.568. The largest absolute Gasteiger partial charge is 0.460 e. The first kappa shape index (κ1) is 74.8. The van der Waals surface area contributed by atoms with Crippen LogP contribution in [0, 0.1) is 0 Å². The van der Waals surface area contributed by atoms with Crippen LogP contribution in [0.3, 0.4) is 0 Å². The van der Waals surface area contributed by atoms with Crippen LogP contribution < -0.4 is 10.6 Å². The summed E-state index contributed by atoms with van der Waals surface area (Å²) in [5.74, 6) is -8.45. The van der Waals surface area contributed by atoms with Gasteiger partial charge in [0.15, 0.2) is 0 Å². The smallest absolute Gasteiger partial charge is 0.306 e. The van der Waals surface area contributed by atoms with E-state index in [1.54, 1.807) is 173 Å². The Bertz CT molecular complexity index is 3420. The molecule has 2 aliphatic rings. The number of benzene rings is 5. The lowest BCUT2D eigenvalue weighted by atomic mass is 9.81. The molecule has 5 aromatic rings. The molecule has 22 nitrogen and oxygen atoms in total. The number of esters is 6. The van der Waals surface area contributed by atoms with Gasteiger partial charge in [0.05, 0.1) is 0 Å². The molecule has 0 radical (unpaired) electrons. The van der Waals surface area contributed by atoms with Crippen molar-refractivity contribution >= 4 is 114 Å². The summed E-state index contributed by atoms with van der Waals surface area (Å²) in [7, 11) is 0. The molecule has 0 spiro atoms. The van der Waals surface area contributed by atoms with Gasteiger partial charge in [0.1, 0.15) is 45.7 Å². The van der Waals surface area contributed by atoms with Crippen molar-refractivity contribution in [3.05, 3.63) is 70.8 Å². The van der Waals surface area contributed by atoms with Crippen LogP contribution in [0.2, 0.25) is 0 Å². The van der Waals surface area contributed by atoms with Gasteiger partial charge in [-0.3, -0.25) is 67.3 Å². The highest BCUT2D eigenvalue weighted by Gasteiger charge is 2.46. The van der Waals surface area contributed by atoms with Gasteiger partial charge in [0.2, 0.25) is 11.8 Å². The van der Waals surface area contributed by atoms with E-state index in [-0.39, 0.29) is 99.3 Å². The monoisotopic (exact) mass is 1330 g/mol. The number of ether oxygens (including phenoxy) is 6. The first-order chi connectivity index (χ1) is 44.0. The van der Waals surface area contributed by atoms with Crippen molar-refractivity contribution < 1.29 is 86.0 Å². The van der Waals surface area contributed by atoms with Gasteiger partial charge in [-0.15, -0.1) is 0 Å². The highest BCUT2D eigenvalue weighted by molar-refractivity contribution is 6.41. The molecule has 96 heavy (non-hydrogen) atoms. The number of nitrogens with one attached hydrogen (secondary N) is 2. The topological polar surface area (TPSA) is 291 Å². The lowest BCUT2D eigenvalue weighted by Crippen LogP contribution is -2.58. The molecule has 6 amide bonds. The van der Waals surface area contributed by atoms with Gasteiger partial charge < -0.3 is 39.1 Å². The molecule has 0 aromatic heterocycles. The summed E-state index contributed by atoms with van der Waals surface area (Å²) in [4.78, 5) is 172. The molecular weight excluding hydrogens is 1230 g/mol. The zero-order chi connectivity index (χ0) is 72.0.